The molecule has 114 valence electrons. The van der Waals surface area contributed by atoms with Gasteiger partial charge in [0.25, 0.3) is 0 Å². The number of rotatable bonds is 3. The van der Waals surface area contributed by atoms with Gasteiger partial charge in [0.15, 0.2) is 0 Å². The molecule has 0 amide bonds. The van der Waals surface area contributed by atoms with Crippen LogP contribution in [0.15, 0.2) is 24.3 Å². The zero-order valence-corrected chi connectivity index (χ0v) is 13.2. The summed E-state index contributed by atoms with van der Waals surface area (Å²) in [5, 5.41) is 3.16. The van der Waals surface area contributed by atoms with E-state index in [0.29, 0.717) is 5.69 Å². The zero-order valence-electron chi connectivity index (χ0n) is 12.4. The molecule has 1 N–H and O–H groups in total. The second kappa shape index (κ2) is 5.72. The van der Waals surface area contributed by atoms with E-state index in [4.69, 9.17) is 0 Å². The molecule has 1 atom stereocenters. The number of thiophene rings is 1. The summed E-state index contributed by atoms with van der Waals surface area (Å²) in [6, 6.07) is 6.43. The topological polar surface area (TPSA) is 12.0 Å². The second-order valence-electron chi connectivity index (χ2n) is 5.26. The van der Waals surface area contributed by atoms with Crippen LogP contribution >= 0.6 is 11.3 Å². The first kappa shape index (κ1) is 15.9. The fourth-order valence-corrected chi connectivity index (χ4v) is 3.45. The molecule has 0 fully saturated rings. The molecule has 2 aromatic rings. The first-order valence-corrected chi connectivity index (χ1v) is 7.51. The van der Waals surface area contributed by atoms with Gasteiger partial charge in [-0.15, -0.1) is 11.3 Å². The smallest absolute Gasteiger partial charge is 0.378 e. The molecule has 0 bridgehead atoms. The lowest BCUT2D eigenvalue weighted by Crippen LogP contribution is -2.11. The van der Waals surface area contributed by atoms with Crippen molar-refractivity contribution < 1.29 is 13.2 Å². The molecule has 1 heterocycles. The fourth-order valence-electron chi connectivity index (χ4n) is 2.43. The van der Waals surface area contributed by atoms with Crippen molar-refractivity contribution in [3.8, 4) is 0 Å². The Morgan fingerprint density at radius 2 is 1.76 bits per heavy atom. The van der Waals surface area contributed by atoms with E-state index in [1.165, 1.54) is 28.8 Å². The standard InChI is InChI=1S/C16H18F3NS/c1-9-5-6-13(8-15(9)16(17,18)19)20-11(3)14-7-10(2)21-12(14)4/h5-8,11,20H,1-4H3. The fraction of sp³-hybridized carbons (Fsp3) is 0.375. The Labute approximate surface area is 126 Å². The summed E-state index contributed by atoms with van der Waals surface area (Å²) >= 11 is 1.70. The second-order valence-corrected chi connectivity index (χ2v) is 6.72. The van der Waals surface area contributed by atoms with Gasteiger partial charge in [0.2, 0.25) is 0 Å². The Hall–Kier alpha value is -1.49. The molecule has 1 aromatic carbocycles. The number of benzene rings is 1. The van der Waals surface area contributed by atoms with Crippen molar-refractivity contribution in [2.24, 2.45) is 0 Å². The highest BCUT2D eigenvalue weighted by Gasteiger charge is 2.32. The predicted octanol–water partition coefficient (Wildman–Crippen LogP) is 5.87. The van der Waals surface area contributed by atoms with Crippen LogP contribution in [0.4, 0.5) is 18.9 Å². The van der Waals surface area contributed by atoms with Gasteiger partial charge in [-0.2, -0.15) is 13.2 Å². The molecule has 2 rings (SSSR count). The average molecular weight is 313 g/mol. The quantitative estimate of drug-likeness (QED) is 0.747. The van der Waals surface area contributed by atoms with E-state index < -0.39 is 11.7 Å². The van der Waals surface area contributed by atoms with Gasteiger partial charge >= 0.3 is 6.18 Å². The third-order valence-corrected chi connectivity index (χ3v) is 4.45. The molecule has 0 radical (unpaired) electrons. The number of hydrogen-bond donors (Lipinski definition) is 1. The van der Waals surface area contributed by atoms with Crippen molar-refractivity contribution in [3.63, 3.8) is 0 Å². The molecule has 0 aliphatic rings. The summed E-state index contributed by atoms with van der Waals surface area (Å²) in [6.07, 6.45) is -4.32. The predicted molar refractivity (Wildman–Crippen MR) is 82.0 cm³/mol. The lowest BCUT2D eigenvalue weighted by molar-refractivity contribution is -0.138. The highest BCUT2D eigenvalue weighted by molar-refractivity contribution is 7.12. The van der Waals surface area contributed by atoms with Crippen molar-refractivity contribution in [1.82, 2.24) is 0 Å². The van der Waals surface area contributed by atoms with Gasteiger partial charge in [-0.3, -0.25) is 0 Å². The van der Waals surface area contributed by atoms with Gasteiger partial charge in [0.1, 0.15) is 0 Å². The van der Waals surface area contributed by atoms with Gasteiger partial charge in [-0.05, 0) is 57.0 Å². The Kier molecular flexibility index (Phi) is 4.33. The van der Waals surface area contributed by atoms with Crippen molar-refractivity contribution in [1.29, 1.82) is 0 Å². The van der Waals surface area contributed by atoms with Crippen molar-refractivity contribution in [2.45, 2.75) is 39.9 Å². The van der Waals surface area contributed by atoms with Gasteiger partial charge in [0.05, 0.1) is 5.56 Å². The van der Waals surface area contributed by atoms with E-state index in [1.54, 1.807) is 17.4 Å². The number of halogens is 3. The van der Waals surface area contributed by atoms with Crippen LogP contribution in [-0.4, -0.2) is 0 Å². The molecule has 1 aromatic heterocycles. The molecule has 1 nitrogen and oxygen atoms in total. The molecule has 0 aliphatic carbocycles. The van der Waals surface area contributed by atoms with Crippen molar-refractivity contribution >= 4 is 17.0 Å². The number of nitrogens with one attached hydrogen (secondary N) is 1. The van der Waals surface area contributed by atoms with E-state index in [9.17, 15) is 13.2 Å². The van der Waals surface area contributed by atoms with Crippen LogP contribution in [0, 0.1) is 20.8 Å². The molecule has 1 unspecified atom stereocenters. The van der Waals surface area contributed by atoms with E-state index in [2.05, 4.69) is 11.4 Å². The normalized spacial score (nSPS) is 13.3. The third kappa shape index (κ3) is 3.59. The van der Waals surface area contributed by atoms with Crippen LogP contribution in [0.3, 0.4) is 0 Å². The van der Waals surface area contributed by atoms with Gasteiger partial charge in [-0.1, -0.05) is 6.07 Å². The monoisotopic (exact) mass is 313 g/mol. The summed E-state index contributed by atoms with van der Waals surface area (Å²) in [6.45, 7) is 7.49. The van der Waals surface area contributed by atoms with Crippen molar-refractivity contribution in [2.75, 3.05) is 5.32 Å². The minimum Gasteiger partial charge on any atom is -0.378 e. The summed E-state index contributed by atoms with van der Waals surface area (Å²) in [5.74, 6) is 0. The summed E-state index contributed by atoms with van der Waals surface area (Å²) < 4.78 is 38.8. The molecule has 0 spiro atoms. The third-order valence-electron chi connectivity index (χ3n) is 3.47. The maximum Gasteiger partial charge on any atom is 0.416 e. The summed E-state index contributed by atoms with van der Waals surface area (Å²) in [5.41, 5.74) is 1.27. The maximum atomic E-state index is 12.9. The van der Waals surface area contributed by atoms with Gasteiger partial charge in [0, 0.05) is 21.5 Å². The average Bonchev–Trinajstić information content (AvgIpc) is 2.69. The molecular weight excluding hydrogens is 295 g/mol. The van der Waals surface area contributed by atoms with Gasteiger partial charge < -0.3 is 5.32 Å². The molecule has 0 aliphatic heterocycles. The maximum absolute atomic E-state index is 12.9. The van der Waals surface area contributed by atoms with Crippen LogP contribution in [0.25, 0.3) is 0 Å². The highest BCUT2D eigenvalue weighted by atomic mass is 32.1. The lowest BCUT2D eigenvalue weighted by Gasteiger charge is -2.18. The minimum atomic E-state index is -4.32. The first-order chi connectivity index (χ1) is 9.68. The highest BCUT2D eigenvalue weighted by Crippen LogP contribution is 2.35. The SMILES string of the molecule is Cc1cc(C(C)Nc2ccc(C)c(C(F)(F)F)c2)c(C)s1. The van der Waals surface area contributed by atoms with Crippen LogP contribution in [0.1, 0.15) is 39.4 Å². The van der Waals surface area contributed by atoms with E-state index in [0.717, 1.165) is 5.56 Å². The first-order valence-electron chi connectivity index (χ1n) is 6.70. The van der Waals surface area contributed by atoms with Crippen molar-refractivity contribution in [3.05, 3.63) is 50.7 Å². The minimum absolute atomic E-state index is 0.0289. The van der Waals surface area contributed by atoms with E-state index in [-0.39, 0.29) is 11.6 Å². The largest absolute Gasteiger partial charge is 0.416 e. The van der Waals surface area contributed by atoms with E-state index in [1.807, 2.05) is 20.8 Å². The Bertz CT molecular complexity index is 643. The summed E-state index contributed by atoms with van der Waals surface area (Å²) in [4.78, 5) is 2.40. The number of alkyl halides is 3. The summed E-state index contributed by atoms with van der Waals surface area (Å²) in [7, 11) is 0. The molecular formula is C16H18F3NS. The van der Waals surface area contributed by atoms with Crippen LogP contribution in [0.5, 0.6) is 0 Å². The Morgan fingerprint density at radius 1 is 1.10 bits per heavy atom. The Morgan fingerprint density at radius 3 is 2.29 bits per heavy atom. The Balaban J connectivity index is 2.26. The van der Waals surface area contributed by atoms with Crippen LogP contribution < -0.4 is 5.32 Å². The number of aryl methyl sites for hydroxylation is 3. The lowest BCUT2D eigenvalue weighted by atomic mass is 10.1. The van der Waals surface area contributed by atoms with Crippen LogP contribution in [-0.2, 0) is 6.18 Å². The molecule has 5 heteroatoms. The van der Waals surface area contributed by atoms with Crippen LogP contribution in [0.2, 0.25) is 0 Å². The van der Waals surface area contributed by atoms with E-state index >= 15 is 0 Å². The number of hydrogen-bond acceptors (Lipinski definition) is 2. The zero-order chi connectivity index (χ0) is 15.8. The molecule has 0 saturated carbocycles. The van der Waals surface area contributed by atoms with Gasteiger partial charge in [-0.25, -0.2) is 0 Å². The molecule has 0 saturated heterocycles. The molecule has 21 heavy (non-hydrogen) atoms. The number of anilines is 1.